The maximum atomic E-state index is 12.4. The van der Waals surface area contributed by atoms with Crippen molar-refractivity contribution in [3.05, 3.63) is 0 Å². The van der Waals surface area contributed by atoms with E-state index in [1.807, 2.05) is 0 Å². The van der Waals surface area contributed by atoms with Gasteiger partial charge in [-0.25, -0.2) is 0 Å². The fraction of sp³-hybridized carbons (Fsp3) is 0.765. The number of carbonyl (C=O) groups is 3. The molecule has 2 rings (SSSR count). The van der Waals surface area contributed by atoms with Crippen LogP contribution < -0.4 is 16.8 Å². The summed E-state index contributed by atoms with van der Waals surface area (Å²) in [5.41, 5.74) is 11.4. The third-order valence-electron chi connectivity index (χ3n) is 5.33. The molecule has 152 valence electrons. The van der Waals surface area contributed by atoms with Gasteiger partial charge < -0.3 is 31.7 Å². The van der Waals surface area contributed by atoms with Crippen molar-refractivity contribution in [2.45, 2.75) is 38.1 Å². The SMILES string of the molecule is N=C(N)N1CCC[C@H](CNC(=O)C[C@H](N)C(=O)N2CCC(C(=O)O)CC2)C1. The lowest BCUT2D eigenvalue weighted by atomic mass is 9.96. The normalized spacial score (nSPS) is 22.2. The van der Waals surface area contributed by atoms with Gasteiger partial charge in [-0.15, -0.1) is 0 Å². The van der Waals surface area contributed by atoms with Crippen LogP contribution in [0.3, 0.4) is 0 Å². The Bertz CT molecular complexity index is 576. The van der Waals surface area contributed by atoms with E-state index >= 15 is 0 Å². The van der Waals surface area contributed by atoms with Crippen molar-refractivity contribution in [3.63, 3.8) is 0 Å². The molecular weight excluding hydrogens is 352 g/mol. The Labute approximate surface area is 158 Å². The Morgan fingerprint density at radius 3 is 2.41 bits per heavy atom. The van der Waals surface area contributed by atoms with Gasteiger partial charge in [0.25, 0.3) is 0 Å². The van der Waals surface area contributed by atoms with E-state index in [2.05, 4.69) is 5.32 Å². The molecule has 0 spiro atoms. The van der Waals surface area contributed by atoms with Crippen molar-refractivity contribution in [3.8, 4) is 0 Å². The van der Waals surface area contributed by atoms with E-state index in [0.717, 1.165) is 19.4 Å². The number of hydrogen-bond acceptors (Lipinski definition) is 5. The van der Waals surface area contributed by atoms with E-state index in [1.54, 1.807) is 9.80 Å². The highest BCUT2D eigenvalue weighted by atomic mass is 16.4. The van der Waals surface area contributed by atoms with Crippen molar-refractivity contribution < 1.29 is 19.5 Å². The molecule has 0 unspecified atom stereocenters. The highest BCUT2D eigenvalue weighted by Crippen LogP contribution is 2.18. The number of aliphatic carboxylic acids is 1. The van der Waals surface area contributed by atoms with Crippen molar-refractivity contribution in [2.24, 2.45) is 23.3 Å². The maximum Gasteiger partial charge on any atom is 0.306 e. The summed E-state index contributed by atoms with van der Waals surface area (Å²) in [6.45, 7) is 2.58. The number of guanidine groups is 1. The number of carbonyl (C=O) groups excluding carboxylic acids is 2. The molecule has 10 heteroatoms. The highest BCUT2D eigenvalue weighted by molar-refractivity contribution is 5.88. The molecule has 2 fully saturated rings. The van der Waals surface area contributed by atoms with Crippen LogP contribution in [-0.4, -0.2) is 77.4 Å². The molecular formula is C17H30N6O4. The monoisotopic (exact) mass is 382 g/mol. The van der Waals surface area contributed by atoms with Gasteiger partial charge in [-0.1, -0.05) is 0 Å². The van der Waals surface area contributed by atoms with Gasteiger partial charge in [-0.3, -0.25) is 19.8 Å². The van der Waals surface area contributed by atoms with Gasteiger partial charge in [0.15, 0.2) is 5.96 Å². The average molecular weight is 382 g/mol. The zero-order valence-electron chi connectivity index (χ0n) is 15.5. The number of nitrogens with two attached hydrogens (primary N) is 2. The summed E-state index contributed by atoms with van der Waals surface area (Å²) in [7, 11) is 0. The molecule has 0 saturated carbocycles. The lowest BCUT2D eigenvalue weighted by Crippen LogP contribution is -2.50. The average Bonchev–Trinajstić information content (AvgIpc) is 2.66. The second-order valence-electron chi connectivity index (χ2n) is 7.39. The standard InChI is InChI=1S/C17H30N6O4/c18-13(15(25)22-6-3-12(4-7-22)16(26)27)8-14(24)21-9-11-2-1-5-23(10-11)17(19)20/h11-13H,1-10,18H2,(H3,19,20)(H,21,24)(H,26,27)/t11-,13+/m1/s1. The number of likely N-dealkylation sites (tertiary alicyclic amines) is 2. The third-order valence-corrected chi connectivity index (χ3v) is 5.33. The minimum atomic E-state index is -0.925. The predicted octanol–water partition coefficient (Wildman–Crippen LogP) is -1.25. The van der Waals surface area contributed by atoms with Crippen LogP contribution in [0.15, 0.2) is 0 Å². The topological polar surface area (TPSA) is 166 Å². The molecule has 2 aliphatic heterocycles. The van der Waals surface area contributed by atoms with E-state index in [9.17, 15) is 14.4 Å². The summed E-state index contributed by atoms with van der Waals surface area (Å²) in [6, 6.07) is -0.925. The first-order chi connectivity index (χ1) is 12.8. The first-order valence-corrected chi connectivity index (χ1v) is 9.40. The van der Waals surface area contributed by atoms with Crippen LogP contribution in [0.1, 0.15) is 32.1 Å². The predicted molar refractivity (Wildman–Crippen MR) is 98.8 cm³/mol. The molecule has 10 nitrogen and oxygen atoms in total. The molecule has 0 radical (unpaired) electrons. The van der Waals surface area contributed by atoms with Crippen LogP contribution in [0.4, 0.5) is 0 Å². The molecule has 0 aromatic rings. The van der Waals surface area contributed by atoms with Gasteiger partial charge in [0, 0.05) is 32.7 Å². The summed E-state index contributed by atoms with van der Waals surface area (Å²) in [6.07, 6.45) is 2.60. The van der Waals surface area contributed by atoms with Gasteiger partial charge in [0.05, 0.1) is 18.4 Å². The number of carboxylic acids is 1. The summed E-state index contributed by atoms with van der Waals surface area (Å²) in [5.74, 6) is -1.58. The van der Waals surface area contributed by atoms with Crippen LogP contribution >= 0.6 is 0 Å². The van der Waals surface area contributed by atoms with Crippen molar-refractivity contribution in [1.29, 1.82) is 5.41 Å². The lowest BCUT2D eigenvalue weighted by molar-refractivity contribution is -0.146. The largest absolute Gasteiger partial charge is 0.481 e. The molecule has 2 amide bonds. The second-order valence-corrected chi connectivity index (χ2v) is 7.39. The first kappa shape index (κ1) is 20.9. The number of carboxylic acid groups (broad SMARTS) is 1. The quantitative estimate of drug-likeness (QED) is 0.283. The summed E-state index contributed by atoms with van der Waals surface area (Å²) >= 11 is 0. The number of piperidine rings is 2. The number of nitrogens with zero attached hydrogens (tertiary/aromatic N) is 2. The minimum Gasteiger partial charge on any atom is -0.481 e. The number of nitrogens with one attached hydrogen (secondary N) is 2. The molecule has 0 aliphatic carbocycles. The van der Waals surface area contributed by atoms with Crippen LogP contribution in [0.25, 0.3) is 0 Å². The molecule has 0 aromatic carbocycles. The molecule has 2 atom stereocenters. The molecule has 2 saturated heterocycles. The van der Waals surface area contributed by atoms with Gasteiger partial charge in [0.1, 0.15) is 0 Å². The van der Waals surface area contributed by atoms with E-state index in [4.69, 9.17) is 22.0 Å². The van der Waals surface area contributed by atoms with Crippen LogP contribution in [0.2, 0.25) is 0 Å². The molecule has 2 aliphatic rings. The Balaban J connectivity index is 1.71. The van der Waals surface area contributed by atoms with Crippen LogP contribution in [0.5, 0.6) is 0 Å². The molecule has 2 heterocycles. The number of rotatable bonds is 6. The number of hydrogen-bond donors (Lipinski definition) is 5. The zero-order chi connectivity index (χ0) is 20.0. The van der Waals surface area contributed by atoms with E-state index in [1.165, 1.54) is 0 Å². The molecule has 0 aromatic heterocycles. The lowest BCUT2D eigenvalue weighted by Gasteiger charge is -2.33. The first-order valence-electron chi connectivity index (χ1n) is 9.40. The molecule has 7 N–H and O–H groups in total. The van der Waals surface area contributed by atoms with E-state index < -0.39 is 17.9 Å². The molecule has 27 heavy (non-hydrogen) atoms. The van der Waals surface area contributed by atoms with Gasteiger partial charge >= 0.3 is 5.97 Å². The van der Waals surface area contributed by atoms with Crippen LogP contribution in [0, 0.1) is 17.2 Å². The molecule has 0 bridgehead atoms. The Hall–Kier alpha value is -2.36. The van der Waals surface area contributed by atoms with E-state index in [0.29, 0.717) is 39.0 Å². The van der Waals surface area contributed by atoms with E-state index in [-0.39, 0.29) is 30.1 Å². The second kappa shape index (κ2) is 9.54. The summed E-state index contributed by atoms with van der Waals surface area (Å²) < 4.78 is 0. The zero-order valence-corrected chi connectivity index (χ0v) is 15.5. The third kappa shape index (κ3) is 6.09. The van der Waals surface area contributed by atoms with Crippen LogP contribution in [-0.2, 0) is 14.4 Å². The van der Waals surface area contributed by atoms with Crippen molar-refractivity contribution in [1.82, 2.24) is 15.1 Å². The summed E-state index contributed by atoms with van der Waals surface area (Å²) in [5, 5.41) is 19.3. The van der Waals surface area contributed by atoms with Crippen molar-refractivity contribution in [2.75, 3.05) is 32.7 Å². The van der Waals surface area contributed by atoms with Gasteiger partial charge in [-0.05, 0) is 31.6 Å². The maximum absolute atomic E-state index is 12.4. The van der Waals surface area contributed by atoms with Crippen molar-refractivity contribution >= 4 is 23.7 Å². The number of amides is 2. The Morgan fingerprint density at radius 2 is 1.81 bits per heavy atom. The van der Waals surface area contributed by atoms with Gasteiger partial charge in [-0.2, -0.15) is 0 Å². The van der Waals surface area contributed by atoms with Gasteiger partial charge in [0.2, 0.25) is 11.8 Å². The summed E-state index contributed by atoms with van der Waals surface area (Å²) in [4.78, 5) is 38.8. The Morgan fingerprint density at radius 1 is 1.15 bits per heavy atom. The Kier molecular flexibility index (Phi) is 7.40. The minimum absolute atomic E-state index is 0.0466. The smallest absolute Gasteiger partial charge is 0.306 e. The highest BCUT2D eigenvalue weighted by Gasteiger charge is 2.30. The fourth-order valence-corrected chi connectivity index (χ4v) is 3.65. The fourth-order valence-electron chi connectivity index (χ4n) is 3.65.